The zero-order chi connectivity index (χ0) is 24.3. The van der Waals surface area contributed by atoms with E-state index in [2.05, 4.69) is 33.0 Å². The zero-order valence-corrected chi connectivity index (χ0v) is 21.0. The predicted octanol–water partition coefficient (Wildman–Crippen LogP) is 5.51. The lowest BCUT2D eigenvalue weighted by Gasteiger charge is -2.53. The van der Waals surface area contributed by atoms with Gasteiger partial charge in [0.05, 0.1) is 17.2 Å². The summed E-state index contributed by atoms with van der Waals surface area (Å²) in [5.74, 6) is 0.790. The maximum Gasteiger partial charge on any atom is 0.338 e. The standard InChI is InChI=1S/C29H37NO4/c1-6-24(31)30-23-16-29(17(2)3)26(25-18(4)11-14-22(25)28(23,5)34-29)33-27(32)21-13-12-19-9-7-8-10-20(19)15-21/h7-10,12-13,15,17-18,22-23,25-26H,6,11,14,16H2,1-5H3,(H,30,31)/t18-,22-,23-,25-,26+,28+,29-/m1/s1. The van der Waals surface area contributed by atoms with Crippen molar-refractivity contribution in [3.8, 4) is 0 Å². The SMILES string of the molecule is CCC(=O)N[C@@H]1C[C@]2(C(C)C)O[C@@]1(C)[C@@H]1CC[C@@H](C)[C@H]1[C@@H]2OC(=O)c1ccc2ccccc2c1. The van der Waals surface area contributed by atoms with Crippen molar-refractivity contribution in [1.29, 1.82) is 0 Å². The first kappa shape index (κ1) is 23.3. The van der Waals surface area contributed by atoms with Gasteiger partial charge in [-0.05, 0) is 60.4 Å². The summed E-state index contributed by atoms with van der Waals surface area (Å²) in [6, 6.07) is 13.7. The smallest absolute Gasteiger partial charge is 0.338 e. The topological polar surface area (TPSA) is 64.6 Å². The minimum Gasteiger partial charge on any atom is -0.455 e. The highest BCUT2D eigenvalue weighted by Crippen LogP contribution is 2.62. The quantitative estimate of drug-likeness (QED) is 0.594. The average molecular weight is 464 g/mol. The Balaban J connectivity index is 1.52. The predicted molar refractivity (Wildman–Crippen MR) is 132 cm³/mol. The van der Waals surface area contributed by atoms with Crippen molar-refractivity contribution in [2.24, 2.45) is 23.7 Å². The summed E-state index contributed by atoms with van der Waals surface area (Å²) in [5, 5.41) is 5.40. The molecule has 0 aromatic heterocycles. The van der Waals surface area contributed by atoms with E-state index in [1.54, 1.807) is 0 Å². The highest BCUT2D eigenvalue weighted by atomic mass is 16.6. The maximum atomic E-state index is 13.5. The Morgan fingerprint density at radius 2 is 1.88 bits per heavy atom. The number of benzene rings is 2. The molecule has 1 N–H and O–H groups in total. The minimum absolute atomic E-state index is 0.0496. The van der Waals surface area contributed by atoms with E-state index < -0.39 is 11.2 Å². The molecule has 2 bridgehead atoms. The maximum absolute atomic E-state index is 13.5. The van der Waals surface area contributed by atoms with Crippen molar-refractivity contribution < 1.29 is 19.1 Å². The number of rotatable bonds is 5. The second-order valence-corrected chi connectivity index (χ2v) is 11.2. The van der Waals surface area contributed by atoms with Gasteiger partial charge in [0.1, 0.15) is 11.7 Å². The van der Waals surface area contributed by atoms with Crippen LogP contribution in [0.25, 0.3) is 10.8 Å². The molecule has 1 aliphatic carbocycles. The van der Waals surface area contributed by atoms with Crippen molar-refractivity contribution in [2.45, 2.75) is 83.6 Å². The zero-order valence-electron chi connectivity index (χ0n) is 21.0. The van der Waals surface area contributed by atoms with Crippen LogP contribution in [0, 0.1) is 23.7 Å². The summed E-state index contributed by atoms with van der Waals surface area (Å²) < 4.78 is 13.4. The molecule has 7 atom stereocenters. The summed E-state index contributed by atoms with van der Waals surface area (Å²) >= 11 is 0. The summed E-state index contributed by atoms with van der Waals surface area (Å²) in [5.41, 5.74) is -0.495. The van der Waals surface area contributed by atoms with Gasteiger partial charge in [-0.2, -0.15) is 0 Å². The number of ether oxygens (including phenoxy) is 2. The normalized spacial score (nSPS) is 36.5. The van der Waals surface area contributed by atoms with Crippen LogP contribution in [0.2, 0.25) is 0 Å². The van der Waals surface area contributed by atoms with Crippen molar-refractivity contribution in [1.82, 2.24) is 5.32 Å². The lowest BCUT2D eigenvalue weighted by molar-refractivity contribution is -0.252. The van der Waals surface area contributed by atoms with Crippen LogP contribution in [0.5, 0.6) is 0 Å². The van der Waals surface area contributed by atoms with Gasteiger partial charge in [0.2, 0.25) is 5.91 Å². The number of nitrogens with one attached hydrogen (secondary N) is 1. The minimum atomic E-state index is -0.618. The van der Waals surface area contributed by atoms with Crippen LogP contribution in [0.1, 0.15) is 70.7 Å². The second-order valence-electron chi connectivity index (χ2n) is 11.2. The fourth-order valence-corrected chi connectivity index (χ4v) is 7.13. The number of carbonyl (C=O) groups excluding carboxylic acids is 2. The van der Waals surface area contributed by atoms with Crippen LogP contribution in [-0.4, -0.2) is 35.2 Å². The fraction of sp³-hybridized carbons (Fsp3) is 0.586. The van der Waals surface area contributed by atoms with E-state index in [1.807, 2.05) is 49.4 Å². The molecule has 3 fully saturated rings. The molecular weight excluding hydrogens is 426 g/mol. The first-order valence-corrected chi connectivity index (χ1v) is 12.9. The van der Waals surface area contributed by atoms with E-state index in [9.17, 15) is 9.59 Å². The molecule has 5 rings (SSSR count). The third-order valence-electron chi connectivity index (χ3n) is 9.10. The number of hydrogen-bond acceptors (Lipinski definition) is 4. The van der Waals surface area contributed by atoms with Crippen LogP contribution in [-0.2, 0) is 14.3 Å². The van der Waals surface area contributed by atoms with Crippen LogP contribution in [0.3, 0.4) is 0 Å². The number of fused-ring (bicyclic) bond motifs is 5. The van der Waals surface area contributed by atoms with Gasteiger partial charge in [-0.1, -0.05) is 58.0 Å². The van der Waals surface area contributed by atoms with Gasteiger partial charge in [0.15, 0.2) is 0 Å². The molecule has 2 saturated heterocycles. The molecule has 1 saturated carbocycles. The van der Waals surface area contributed by atoms with Crippen LogP contribution >= 0.6 is 0 Å². The first-order chi connectivity index (χ1) is 16.2. The molecule has 182 valence electrons. The van der Waals surface area contributed by atoms with Crippen molar-refractivity contribution in [3.05, 3.63) is 48.0 Å². The Hall–Kier alpha value is -2.40. The molecule has 2 aromatic carbocycles. The van der Waals surface area contributed by atoms with E-state index in [4.69, 9.17) is 9.47 Å². The van der Waals surface area contributed by atoms with Crippen molar-refractivity contribution in [3.63, 3.8) is 0 Å². The third kappa shape index (κ3) is 3.46. The molecule has 2 aromatic rings. The largest absolute Gasteiger partial charge is 0.455 e. The number of carbonyl (C=O) groups is 2. The molecular formula is C29H37NO4. The van der Waals surface area contributed by atoms with Gasteiger partial charge < -0.3 is 14.8 Å². The Kier molecular flexibility index (Phi) is 5.75. The van der Waals surface area contributed by atoms with Crippen LogP contribution < -0.4 is 5.32 Å². The van der Waals surface area contributed by atoms with Gasteiger partial charge in [-0.3, -0.25) is 4.79 Å². The van der Waals surface area contributed by atoms with Gasteiger partial charge >= 0.3 is 5.97 Å². The van der Waals surface area contributed by atoms with E-state index in [0.29, 0.717) is 24.3 Å². The van der Waals surface area contributed by atoms with E-state index in [0.717, 1.165) is 23.6 Å². The molecule has 0 unspecified atom stereocenters. The molecule has 34 heavy (non-hydrogen) atoms. The molecule has 0 radical (unpaired) electrons. The Morgan fingerprint density at radius 3 is 2.59 bits per heavy atom. The molecule has 1 amide bonds. The Labute approximate surface area is 202 Å². The van der Waals surface area contributed by atoms with E-state index >= 15 is 0 Å². The molecule has 0 spiro atoms. The third-order valence-corrected chi connectivity index (χ3v) is 9.10. The summed E-state index contributed by atoms with van der Waals surface area (Å²) in [6.45, 7) is 10.6. The molecule has 5 nitrogen and oxygen atoms in total. The molecule has 3 aliphatic rings. The van der Waals surface area contributed by atoms with E-state index in [1.165, 1.54) is 0 Å². The highest BCUT2D eigenvalue weighted by molar-refractivity contribution is 5.95. The Bertz CT molecular complexity index is 1110. The van der Waals surface area contributed by atoms with Gasteiger partial charge in [-0.15, -0.1) is 0 Å². The van der Waals surface area contributed by atoms with Gasteiger partial charge in [0, 0.05) is 18.8 Å². The molecule has 2 heterocycles. The molecule has 5 heteroatoms. The number of hydrogen-bond donors (Lipinski definition) is 1. The van der Waals surface area contributed by atoms with E-state index in [-0.39, 0.29) is 41.8 Å². The first-order valence-electron chi connectivity index (χ1n) is 12.9. The second kappa shape index (κ2) is 8.37. The van der Waals surface area contributed by atoms with Gasteiger partial charge in [-0.25, -0.2) is 4.79 Å². The lowest BCUT2D eigenvalue weighted by atomic mass is 9.69. The lowest BCUT2D eigenvalue weighted by Crippen LogP contribution is -2.63. The summed E-state index contributed by atoms with van der Waals surface area (Å²) in [4.78, 5) is 26.0. The van der Waals surface area contributed by atoms with Gasteiger partial charge in [0.25, 0.3) is 0 Å². The monoisotopic (exact) mass is 463 g/mol. The van der Waals surface area contributed by atoms with Crippen LogP contribution in [0.15, 0.2) is 42.5 Å². The van der Waals surface area contributed by atoms with Crippen molar-refractivity contribution >= 4 is 22.6 Å². The fourth-order valence-electron chi connectivity index (χ4n) is 7.13. The Morgan fingerprint density at radius 1 is 1.15 bits per heavy atom. The molecule has 2 aliphatic heterocycles. The summed E-state index contributed by atoms with van der Waals surface area (Å²) in [7, 11) is 0. The van der Waals surface area contributed by atoms with Crippen molar-refractivity contribution in [2.75, 3.05) is 0 Å². The highest BCUT2D eigenvalue weighted by Gasteiger charge is 2.71. The summed E-state index contributed by atoms with van der Waals surface area (Å²) in [6.07, 6.45) is 2.89. The van der Waals surface area contributed by atoms with Crippen LogP contribution in [0.4, 0.5) is 0 Å². The average Bonchev–Trinajstić information content (AvgIpc) is 3.34. The number of amides is 1. The number of esters is 1.